The fraction of sp³-hybridized carbons (Fsp3) is 0.500. The van der Waals surface area contributed by atoms with Crippen LogP contribution in [-0.2, 0) is 9.59 Å². The molecule has 1 aromatic rings. The van der Waals surface area contributed by atoms with E-state index in [0.29, 0.717) is 26.2 Å². The van der Waals surface area contributed by atoms with Gasteiger partial charge in [0.1, 0.15) is 0 Å². The largest absolute Gasteiger partial charge is 0.393 e. The average Bonchev–Trinajstić information content (AvgIpc) is 2.67. The first-order valence-electron chi connectivity index (χ1n) is 9.22. The SMILES string of the molecule is O=C(/C=C/c1ccc(Br)cc1)N1CCN(C(=O)C2CCC(O)CC2)CC1. The predicted molar refractivity (Wildman–Crippen MR) is 104 cm³/mol. The van der Waals surface area contributed by atoms with Crippen LogP contribution < -0.4 is 0 Å². The Balaban J connectivity index is 1.47. The van der Waals surface area contributed by atoms with Crippen molar-refractivity contribution in [2.75, 3.05) is 26.2 Å². The van der Waals surface area contributed by atoms with Crippen molar-refractivity contribution < 1.29 is 14.7 Å². The van der Waals surface area contributed by atoms with Gasteiger partial charge in [-0.3, -0.25) is 9.59 Å². The summed E-state index contributed by atoms with van der Waals surface area (Å²) in [4.78, 5) is 28.6. The van der Waals surface area contributed by atoms with Crippen LogP contribution in [0.2, 0.25) is 0 Å². The third kappa shape index (κ3) is 4.95. The Morgan fingerprint density at radius 1 is 0.962 bits per heavy atom. The highest BCUT2D eigenvalue weighted by atomic mass is 79.9. The van der Waals surface area contributed by atoms with E-state index in [4.69, 9.17) is 0 Å². The number of nitrogens with zero attached hydrogens (tertiary/aromatic N) is 2. The Labute approximate surface area is 162 Å². The molecule has 26 heavy (non-hydrogen) atoms. The van der Waals surface area contributed by atoms with E-state index in [-0.39, 0.29) is 23.8 Å². The van der Waals surface area contributed by atoms with E-state index in [1.54, 1.807) is 11.0 Å². The summed E-state index contributed by atoms with van der Waals surface area (Å²) in [6.07, 6.45) is 6.16. The number of carbonyl (C=O) groups is 2. The normalized spacial score (nSPS) is 24.1. The van der Waals surface area contributed by atoms with Crippen LogP contribution in [0.3, 0.4) is 0 Å². The van der Waals surface area contributed by atoms with Gasteiger partial charge in [-0.25, -0.2) is 0 Å². The van der Waals surface area contributed by atoms with E-state index < -0.39 is 0 Å². The number of piperazine rings is 1. The second-order valence-electron chi connectivity index (χ2n) is 7.04. The second-order valence-corrected chi connectivity index (χ2v) is 7.96. The van der Waals surface area contributed by atoms with Crippen molar-refractivity contribution in [1.82, 2.24) is 9.80 Å². The van der Waals surface area contributed by atoms with Crippen LogP contribution in [0.15, 0.2) is 34.8 Å². The number of hydrogen-bond acceptors (Lipinski definition) is 3. The van der Waals surface area contributed by atoms with Crippen LogP contribution in [-0.4, -0.2) is 59.0 Å². The van der Waals surface area contributed by atoms with E-state index in [1.165, 1.54) is 0 Å². The lowest BCUT2D eigenvalue weighted by Crippen LogP contribution is -2.52. The van der Waals surface area contributed by atoms with Gasteiger partial charge in [0.25, 0.3) is 0 Å². The molecule has 0 spiro atoms. The Morgan fingerprint density at radius 3 is 2.15 bits per heavy atom. The number of hydrogen-bond donors (Lipinski definition) is 1. The molecule has 3 rings (SSSR count). The number of benzene rings is 1. The van der Waals surface area contributed by atoms with Crippen molar-refractivity contribution in [2.45, 2.75) is 31.8 Å². The van der Waals surface area contributed by atoms with Crippen molar-refractivity contribution in [3.63, 3.8) is 0 Å². The fourth-order valence-electron chi connectivity index (χ4n) is 3.58. The van der Waals surface area contributed by atoms with Gasteiger partial charge in [-0.15, -0.1) is 0 Å². The molecule has 1 aromatic carbocycles. The Hall–Kier alpha value is -1.66. The number of halogens is 1. The lowest BCUT2D eigenvalue weighted by atomic mass is 9.86. The summed E-state index contributed by atoms with van der Waals surface area (Å²) in [7, 11) is 0. The summed E-state index contributed by atoms with van der Waals surface area (Å²) >= 11 is 3.39. The molecule has 1 heterocycles. The molecule has 0 radical (unpaired) electrons. The maximum atomic E-state index is 12.6. The zero-order chi connectivity index (χ0) is 18.5. The molecule has 1 aliphatic carbocycles. The van der Waals surface area contributed by atoms with Crippen molar-refractivity contribution in [1.29, 1.82) is 0 Å². The summed E-state index contributed by atoms with van der Waals surface area (Å²) in [5.41, 5.74) is 0.981. The highest BCUT2D eigenvalue weighted by Gasteiger charge is 2.31. The first-order chi connectivity index (χ1) is 12.5. The van der Waals surface area contributed by atoms with Gasteiger partial charge in [-0.1, -0.05) is 28.1 Å². The summed E-state index contributed by atoms with van der Waals surface area (Å²) in [5, 5.41) is 9.58. The highest BCUT2D eigenvalue weighted by molar-refractivity contribution is 9.10. The minimum atomic E-state index is -0.244. The van der Waals surface area contributed by atoms with E-state index in [9.17, 15) is 14.7 Å². The molecule has 2 fully saturated rings. The van der Waals surface area contributed by atoms with Gasteiger partial charge in [0.15, 0.2) is 0 Å². The maximum Gasteiger partial charge on any atom is 0.246 e. The summed E-state index contributed by atoms with van der Waals surface area (Å²) in [6.45, 7) is 2.33. The molecule has 2 amide bonds. The van der Waals surface area contributed by atoms with Crippen molar-refractivity contribution in [2.24, 2.45) is 5.92 Å². The zero-order valence-corrected chi connectivity index (χ0v) is 16.4. The molecule has 140 valence electrons. The highest BCUT2D eigenvalue weighted by Crippen LogP contribution is 2.26. The average molecular weight is 421 g/mol. The molecule has 1 saturated carbocycles. The molecule has 1 saturated heterocycles. The van der Waals surface area contributed by atoms with Crippen molar-refractivity contribution in [3.8, 4) is 0 Å². The third-order valence-corrected chi connectivity index (χ3v) is 5.77. The lowest BCUT2D eigenvalue weighted by Gasteiger charge is -2.37. The fourth-order valence-corrected chi connectivity index (χ4v) is 3.84. The second kappa shape index (κ2) is 8.82. The molecular formula is C20H25BrN2O3. The van der Waals surface area contributed by atoms with Gasteiger partial charge in [0, 0.05) is 42.6 Å². The van der Waals surface area contributed by atoms with Crippen LogP contribution in [0.4, 0.5) is 0 Å². The number of aliphatic hydroxyl groups excluding tert-OH is 1. The van der Waals surface area contributed by atoms with E-state index in [2.05, 4.69) is 15.9 Å². The molecule has 6 heteroatoms. The topological polar surface area (TPSA) is 60.9 Å². The minimum Gasteiger partial charge on any atom is -0.393 e. The molecule has 1 aliphatic heterocycles. The van der Waals surface area contributed by atoms with E-state index in [0.717, 1.165) is 35.7 Å². The molecule has 5 nitrogen and oxygen atoms in total. The molecule has 0 bridgehead atoms. The molecule has 0 aromatic heterocycles. The molecule has 2 aliphatic rings. The molecular weight excluding hydrogens is 396 g/mol. The summed E-state index contributed by atoms with van der Waals surface area (Å²) in [5.74, 6) is 0.216. The standard InChI is InChI=1S/C20H25BrN2O3/c21-17-6-1-15(2-7-17)3-10-19(25)22-11-13-23(14-12-22)20(26)16-4-8-18(24)9-5-16/h1-3,6-7,10,16,18,24H,4-5,8-9,11-14H2/b10-3+. The van der Waals surface area contributed by atoms with Gasteiger partial charge >= 0.3 is 0 Å². The summed E-state index contributed by atoms with van der Waals surface area (Å²) < 4.78 is 1.01. The Bertz CT molecular complexity index is 658. The molecule has 0 atom stereocenters. The predicted octanol–water partition coefficient (Wildman–Crippen LogP) is 2.68. The first-order valence-corrected chi connectivity index (χ1v) is 10.0. The number of amides is 2. The number of carbonyl (C=O) groups excluding carboxylic acids is 2. The molecule has 1 N–H and O–H groups in total. The van der Waals surface area contributed by atoms with Gasteiger partial charge in [0.2, 0.25) is 11.8 Å². The van der Waals surface area contributed by atoms with Crippen LogP contribution in [0.25, 0.3) is 6.08 Å². The zero-order valence-electron chi connectivity index (χ0n) is 14.8. The smallest absolute Gasteiger partial charge is 0.246 e. The monoisotopic (exact) mass is 420 g/mol. The Kier molecular flexibility index (Phi) is 6.48. The van der Waals surface area contributed by atoms with Gasteiger partial charge < -0.3 is 14.9 Å². The first kappa shape index (κ1) is 19.1. The van der Waals surface area contributed by atoms with Crippen LogP contribution >= 0.6 is 15.9 Å². The Morgan fingerprint density at radius 2 is 1.54 bits per heavy atom. The quantitative estimate of drug-likeness (QED) is 0.764. The van der Waals surface area contributed by atoms with Crippen LogP contribution in [0, 0.1) is 5.92 Å². The van der Waals surface area contributed by atoms with Crippen molar-refractivity contribution >= 4 is 33.8 Å². The van der Waals surface area contributed by atoms with E-state index in [1.807, 2.05) is 35.2 Å². The van der Waals surface area contributed by atoms with Crippen LogP contribution in [0.5, 0.6) is 0 Å². The number of aliphatic hydroxyl groups is 1. The van der Waals surface area contributed by atoms with E-state index >= 15 is 0 Å². The number of rotatable bonds is 3. The third-order valence-electron chi connectivity index (χ3n) is 5.24. The lowest BCUT2D eigenvalue weighted by molar-refractivity contribution is -0.141. The molecule has 0 unspecified atom stereocenters. The van der Waals surface area contributed by atoms with Crippen molar-refractivity contribution in [3.05, 3.63) is 40.4 Å². The van der Waals surface area contributed by atoms with Gasteiger partial charge in [-0.2, -0.15) is 0 Å². The van der Waals surface area contributed by atoms with Crippen LogP contribution in [0.1, 0.15) is 31.2 Å². The maximum absolute atomic E-state index is 12.6. The van der Waals surface area contributed by atoms with Gasteiger partial charge in [-0.05, 0) is 49.5 Å². The minimum absolute atomic E-state index is 0.0131. The summed E-state index contributed by atoms with van der Waals surface area (Å²) in [6, 6.07) is 7.79. The van der Waals surface area contributed by atoms with Gasteiger partial charge in [0.05, 0.1) is 6.10 Å².